The van der Waals surface area contributed by atoms with Crippen LogP contribution in [0.1, 0.15) is 49.4 Å². The molecule has 1 N–H and O–H groups in total. The fraction of sp³-hybridized carbons (Fsp3) is 0.393. The molecule has 0 amide bonds. The summed E-state index contributed by atoms with van der Waals surface area (Å²) in [6, 6.07) is 13.4. The van der Waals surface area contributed by atoms with E-state index in [9.17, 15) is 0 Å². The van der Waals surface area contributed by atoms with Crippen LogP contribution < -0.4 is 4.74 Å². The molecule has 174 valence electrons. The van der Waals surface area contributed by atoms with E-state index in [1.165, 1.54) is 35.2 Å². The second kappa shape index (κ2) is 8.51. The van der Waals surface area contributed by atoms with Gasteiger partial charge in [0.05, 0.1) is 12.6 Å². The zero-order valence-corrected chi connectivity index (χ0v) is 20.1. The quantitative estimate of drug-likeness (QED) is 0.439. The minimum atomic E-state index is 0.501. The minimum absolute atomic E-state index is 0.501. The zero-order chi connectivity index (χ0) is 23.2. The molecule has 0 radical (unpaired) electrons. The van der Waals surface area contributed by atoms with E-state index >= 15 is 0 Å². The van der Waals surface area contributed by atoms with E-state index in [0.717, 1.165) is 59.7 Å². The first kappa shape index (κ1) is 21.3. The minimum Gasteiger partial charge on any atom is -0.494 e. The number of hydrogen-bond acceptors (Lipinski definition) is 5. The molecule has 1 saturated heterocycles. The number of methoxy groups -OCH3 is 1. The third kappa shape index (κ3) is 3.57. The molecule has 4 heterocycles. The van der Waals surface area contributed by atoms with Crippen molar-refractivity contribution in [2.45, 2.75) is 51.5 Å². The maximum Gasteiger partial charge on any atom is 0.147 e. The van der Waals surface area contributed by atoms with Gasteiger partial charge in [-0.05, 0) is 69.3 Å². The first-order chi connectivity index (χ1) is 16.6. The van der Waals surface area contributed by atoms with Gasteiger partial charge >= 0.3 is 0 Å². The van der Waals surface area contributed by atoms with Crippen LogP contribution in [0.5, 0.6) is 5.75 Å². The highest BCUT2D eigenvalue weighted by Gasteiger charge is 2.26. The summed E-state index contributed by atoms with van der Waals surface area (Å²) in [4.78, 5) is 12.5. The number of rotatable bonds is 5. The number of aromatic amines is 1. The Labute approximate surface area is 200 Å². The number of pyridine rings is 2. The number of H-pyrrole nitrogens is 1. The molecule has 1 unspecified atom stereocenters. The summed E-state index contributed by atoms with van der Waals surface area (Å²) in [5.41, 5.74) is 9.60. The van der Waals surface area contributed by atoms with E-state index in [2.05, 4.69) is 59.3 Å². The van der Waals surface area contributed by atoms with Crippen LogP contribution in [-0.2, 0) is 12.8 Å². The predicted molar refractivity (Wildman–Crippen MR) is 135 cm³/mol. The van der Waals surface area contributed by atoms with Gasteiger partial charge in [0.1, 0.15) is 22.7 Å². The number of aromatic nitrogens is 4. The molecule has 2 aliphatic rings. The van der Waals surface area contributed by atoms with Gasteiger partial charge in [0.25, 0.3) is 0 Å². The van der Waals surface area contributed by atoms with Crippen LogP contribution in [0, 0.1) is 0 Å². The number of nitrogens with one attached hydrogen (secondary N) is 1. The summed E-state index contributed by atoms with van der Waals surface area (Å²) in [5.74, 6) is 1.27. The van der Waals surface area contributed by atoms with Gasteiger partial charge in [-0.3, -0.25) is 10.1 Å². The molecule has 1 aliphatic heterocycles. The smallest absolute Gasteiger partial charge is 0.147 e. The number of aryl methyl sites for hydroxylation is 1. The van der Waals surface area contributed by atoms with Crippen LogP contribution >= 0.6 is 0 Å². The summed E-state index contributed by atoms with van der Waals surface area (Å²) < 4.78 is 5.75. The summed E-state index contributed by atoms with van der Waals surface area (Å²) >= 11 is 0. The lowest BCUT2D eigenvalue weighted by Gasteiger charge is -2.20. The number of ether oxygens (including phenoxy) is 1. The van der Waals surface area contributed by atoms with Gasteiger partial charge in [0, 0.05) is 47.6 Å². The molecule has 6 heteroatoms. The summed E-state index contributed by atoms with van der Waals surface area (Å²) in [6.07, 6.45) is 6.55. The molecule has 34 heavy (non-hydrogen) atoms. The van der Waals surface area contributed by atoms with Crippen molar-refractivity contribution in [1.29, 1.82) is 0 Å². The Morgan fingerprint density at radius 3 is 2.79 bits per heavy atom. The molecular formula is C28H31N5O. The summed E-state index contributed by atoms with van der Waals surface area (Å²) in [5, 5.41) is 7.77. The van der Waals surface area contributed by atoms with Crippen molar-refractivity contribution in [3.8, 4) is 28.3 Å². The molecule has 4 aromatic rings. The fourth-order valence-electron chi connectivity index (χ4n) is 5.61. The number of fused-ring (bicyclic) bond motifs is 2. The van der Waals surface area contributed by atoms with E-state index in [1.54, 1.807) is 7.11 Å². The van der Waals surface area contributed by atoms with Gasteiger partial charge in [0.2, 0.25) is 0 Å². The van der Waals surface area contributed by atoms with Crippen LogP contribution in [0.15, 0.2) is 42.6 Å². The van der Waals surface area contributed by atoms with Crippen molar-refractivity contribution in [3.05, 3.63) is 59.4 Å². The van der Waals surface area contributed by atoms with Crippen molar-refractivity contribution < 1.29 is 4.74 Å². The Morgan fingerprint density at radius 2 is 2.03 bits per heavy atom. The average Bonchev–Trinajstić information content (AvgIpc) is 3.62. The molecular weight excluding hydrogens is 422 g/mol. The number of hydrogen-bond donors (Lipinski definition) is 1. The van der Waals surface area contributed by atoms with Gasteiger partial charge < -0.3 is 9.64 Å². The second-order valence-corrected chi connectivity index (χ2v) is 9.85. The standard InChI is InChI=1S/C28H31N5O/c1-17(2)33-13-12-20(16-33)23-11-10-19(15-29-23)26-28-24(31-32-26)14-25(34-3)27(30-28)22-9-5-7-18-6-4-8-21(18)22/h5,7,9-11,14-15,17,20H,4,6,8,12-13,16H2,1-3H3,(H,31,32). The lowest BCUT2D eigenvalue weighted by molar-refractivity contribution is 0.272. The van der Waals surface area contributed by atoms with Crippen LogP contribution in [0.4, 0.5) is 0 Å². The van der Waals surface area contributed by atoms with Crippen molar-refractivity contribution in [1.82, 2.24) is 25.1 Å². The number of nitrogens with zero attached hydrogens (tertiary/aromatic N) is 4. The first-order valence-corrected chi connectivity index (χ1v) is 12.4. The van der Waals surface area contributed by atoms with E-state index in [-0.39, 0.29) is 0 Å². The predicted octanol–water partition coefficient (Wildman–Crippen LogP) is 5.38. The van der Waals surface area contributed by atoms with Gasteiger partial charge in [-0.1, -0.05) is 18.2 Å². The lowest BCUT2D eigenvalue weighted by Crippen LogP contribution is -2.27. The molecule has 0 bridgehead atoms. The zero-order valence-electron chi connectivity index (χ0n) is 20.1. The number of benzene rings is 1. The third-order valence-corrected chi connectivity index (χ3v) is 7.55. The molecule has 1 aromatic carbocycles. The van der Waals surface area contributed by atoms with Gasteiger partial charge in [0.15, 0.2) is 0 Å². The Kier molecular flexibility index (Phi) is 5.33. The summed E-state index contributed by atoms with van der Waals surface area (Å²) in [6.45, 7) is 6.76. The molecule has 1 aliphatic carbocycles. The maximum atomic E-state index is 5.75. The molecule has 6 nitrogen and oxygen atoms in total. The molecule has 6 rings (SSSR count). The molecule has 1 fully saturated rings. The van der Waals surface area contributed by atoms with Crippen molar-refractivity contribution in [2.75, 3.05) is 20.2 Å². The van der Waals surface area contributed by atoms with Crippen LogP contribution in [0.25, 0.3) is 33.5 Å². The summed E-state index contributed by atoms with van der Waals surface area (Å²) in [7, 11) is 1.71. The van der Waals surface area contributed by atoms with Crippen molar-refractivity contribution >= 4 is 11.0 Å². The van der Waals surface area contributed by atoms with Crippen molar-refractivity contribution in [2.24, 2.45) is 0 Å². The van der Waals surface area contributed by atoms with E-state index in [4.69, 9.17) is 14.7 Å². The van der Waals surface area contributed by atoms with Crippen LogP contribution in [-0.4, -0.2) is 51.3 Å². The van der Waals surface area contributed by atoms with Gasteiger partial charge in [-0.15, -0.1) is 0 Å². The SMILES string of the molecule is COc1cc2[nH]nc(-c3ccc(C4CCN(C(C)C)C4)nc3)c2nc1-c1cccc2c1CCC2. The molecule has 0 spiro atoms. The average molecular weight is 454 g/mol. The van der Waals surface area contributed by atoms with Gasteiger partial charge in [-0.25, -0.2) is 4.98 Å². The molecule has 3 aromatic heterocycles. The Balaban J connectivity index is 1.38. The largest absolute Gasteiger partial charge is 0.494 e. The third-order valence-electron chi connectivity index (χ3n) is 7.55. The highest BCUT2D eigenvalue weighted by Crippen LogP contribution is 2.39. The Bertz CT molecular complexity index is 1340. The van der Waals surface area contributed by atoms with E-state index in [1.807, 2.05) is 12.3 Å². The van der Waals surface area contributed by atoms with Crippen molar-refractivity contribution in [3.63, 3.8) is 0 Å². The van der Waals surface area contributed by atoms with E-state index in [0.29, 0.717) is 12.0 Å². The monoisotopic (exact) mass is 453 g/mol. The lowest BCUT2D eigenvalue weighted by atomic mass is 9.99. The Hall–Kier alpha value is -3.25. The Morgan fingerprint density at radius 1 is 1.12 bits per heavy atom. The van der Waals surface area contributed by atoms with Crippen LogP contribution in [0.2, 0.25) is 0 Å². The second-order valence-electron chi connectivity index (χ2n) is 9.85. The van der Waals surface area contributed by atoms with E-state index < -0.39 is 0 Å². The molecule has 0 saturated carbocycles. The normalized spacial score (nSPS) is 18.2. The fourth-order valence-corrected chi connectivity index (χ4v) is 5.61. The number of likely N-dealkylation sites (tertiary alicyclic amines) is 1. The first-order valence-electron chi connectivity index (χ1n) is 12.4. The van der Waals surface area contributed by atoms with Crippen LogP contribution in [0.3, 0.4) is 0 Å². The molecule has 1 atom stereocenters. The highest BCUT2D eigenvalue weighted by atomic mass is 16.5. The maximum absolute atomic E-state index is 5.75. The highest BCUT2D eigenvalue weighted by molar-refractivity contribution is 5.93. The topological polar surface area (TPSA) is 66.9 Å². The van der Waals surface area contributed by atoms with Gasteiger partial charge in [-0.2, -0.15) is 5.10 Å².